The first-order chi connectivity index (χ1) is 13.8. The van der Waals surface area contributed by atoms with Crippen LogP contribution < -0.4 is 10.4 Å². The maximum absolute atomic E-state index is 10.7. The van der Waals surface area contributed by atoms with Gasteiger partial charge in [0.15, 0.2) is 0 Å². The number of aldehydes is 1. The molecular formula is C26H34O2Si. The molecule has 0 bridgehead atoms. The summed E-state index contributed by atoms with van der Waals surface area (Å²) in [7, 11) is -2.47. The Balaban J connectivity index is 2.32. The smallest absolute Gasteiger partial charge is 0.261 e. The summed E-state index contributed by atoms with van der Waals surface area (Å²) < 4.78 is 6.88. The Morgan fingerprint density at radius 2 is 1.41 bits per heavy atom. The van der Waals surface area contributed by atoms with Crippen LogP contribution in [0.2, 0.25) is 5.04 Å². The molecule has 29 heavy (non-hydrogen) atoms. The quantitative estimate of drug-likeness (QED) is 0.240. The van der Waals surface area contributed by atoms with Gasteiger partial charge in [0.25, 0.3) is 8.32 Å². The zero-order valence-corrected chi connectivity index (χ0v) is 19.4. The standard InChI is InChI=1S/C26H34O2Si/c1-22(13-12-14-23(2)21-27)19-20-28-29(26(3,4)5,24-15-8-6-9-16-24)25-17-10-7-11-18-25/h6-11,14-19,21H,12-13,20H2,1-5H3/b22-19+,23-14-. The highest BCUT2D eigenvalue weighted by Crippen LogP contribution is 2.36. The van der Waals surface area contributed by atoms with Crippen LogP contribution in [-0.2, 0) is 9.22 Å². The molecule has 154 valence electrons. The second-order valence-electron chi connectivity index (χ2n) is 8.63. The molecule has 2 rings (SSSR count). The highest BCUT2D eigenvalue weighted by atomic mass is 28.4. The summed E-state index contributed by atoms with van der Waals surface area (Å²) in [5.41, 5.74) is 2.08. The molecule has 2 aromatic rings. The van der Waals surface area contributed by atoms with Crippen LogP contribution in [0.4, 0.5) is 0 Å². The third-order valence-electron chi connectivity index (χ3n) is 5.34. The van der Waals surface area contributed by atoms with Gasteiger partial charge >= 0.3 is 0 Å². The van der Waals surface area contributed by atoms with Crippen LogP contribution in [0.1, 0.15) is 47.5 Å². The minimum atomic E-state index is -2.47. The molecule has 0 radical (unpaired) electrons. The monoisotopic (exact) mass is 406 g/mol. The van der Waals surface area contributed by atoms with Gasteiger partial charge in [0.2, 0.25) is 0 Å². The topological polar surface area (TPSA) is 26.3 Å². The molecule has 0 spiro atoms. The van der Waals surface area contributed by atoms with Crippen molar-refractivity contribution in [3.63, 3.8) is 0 Å². The van der Waals surface area contributed by atoms with Crippen LogP contribution in [0.3, 0.4) is 0 Å². The molecule has 0 saturated heterocycles. The lowest BCUT2D eigenvalue weighted by Crippen LogP contribution is -2.66. The van der Waals surface area contributed by atoms with Crippen molar-refractivity contribution in [2.75, 3.05) is 6.61 Å². The third-order valence-corrected chi connectivity index (χ3v) is 10.3. The van der Waals surface area contributed by atoms with Crippen molar-refractivity contribution >= 4 is 25.0 Å². The molecule has 0 N–H and O–H groups in total. The normalized spacial score (nSPS) is 13.4. The van der Waals surface area contributed by atoms with Gasteiger partial charge in [-0.05, 0) is 47.7 Å². The summed E-state index contributed by atoms with van der Waals surface area (Å²) in [6, 6.07) is 21.4. The predicted molar refractivity (Wildman–Crippen MR) is 126 cm³/mol. The molecule has 0 atom stereocenters. The molecule has 0 saturated carbocycles. The van der Waals surface area contributed by atoms with Crippen LogP contribution >= 0.6 is 0 Å². The van der Waals surface area contributed by atoms with E-state index in [2.05, 4.69) is 94.4 Å². The third kappa shape index (κ3) is 5.88. The second-order valence-corrected chi connectivity index (χ2v) is 12.9. The Labute approximate surface area is 177 Å². The fourth-order valence-corrected chi connectivity index (χ4v) is 8.24. The van der Waals surface area contributed by atoms with E-state index in [-0.39, 0.29) is 5.04 Å². The lowest BCUT2D eigenvalue weighted by atomic mass is 10.1. The van der Waals surface area contributed by atoms with Gasteiger partial charge in [-0.3, -0.25) is 4.79 Å². The number of carbonyl (C=O) groups excluding carboxylic acids is 1. The minimum absolute atomic E-state index is 0.0126. The van der Waals surface area contributed by atoms with Crippen LogP contribution in [0.25, 0.3) is 0 Å². The molecule has 0 aliphatic rings. The van der Waals surface area contributed by atoms with Gasteiger partial charge in [0.1, 0.15) is 6.29 Å². The van der Waals surface area contributed by atoms with E-state index in [1.165, 1.54) is 15.9 Å². The largest absolute Gasteiger partial charge is 0.404 e. The summed E-state index contributed by atoms with van der Waals surface area (Å²) in [5.74, 6) is 0. The van der Waals surface area contributed by atoms with Crippen molar-refractivity contribution in [3.05, 3.63) is 84.0 Å². The Hall–Kier alpha value is -2.23. The van der Waals surface area contributed by atoms with Crippen molar-refractivity contribution in [2.45, 2.75) is 52.5 Å². The highest BCUT2D eigenvalue weighted by molar-refractivity contribution is 6.99. The fraction of sp³-hybridized carbons (Fsp3) is 0.346. The second kappa shape index (κ2) is 10.5. The molecule has 0 fully saturated rings. The van der Waals surface area contributed by atoms with Crippen LogP contribution in [0.5, 0.6) is 0 Å². The SMILES string of the molecule is C/C(C=O)=C/CC/C(C)=C/CO[Si](c1ccccc1)(c1ccccc1)C(C)(C)C. The van der Waals surface area contributed by atoms with E-state index in [1.807, 2.05) is 13.0 Å². The summed E-state index contributed by atoms with van der Waals surface area (Å²) >= 11 is 0. The predicted octanol–water partition coefficient (Wildman–Crippen LogP) is 5.43. The number of carbonyl (C=O) groups is 1. The fourth-order valence-electron chi connectivity index (χ4n) is 3.75. The van der Waals surface area contributed by atoms with Gasteiger partial charge in [-0.25, -0.2) is 0 Å². The van der Waals surface area contributed by atoms with Crippen molar-refractivity contribution < 1.29 is 9.22 Å². The lowest BCUT2D eigenvalue weighted by Gasteiger charge is -2.42. The van der Waals surface area contributed by atoms with E-state index in [9.17, 15) is 4.79 Å². The van der Waals surface area contributed by atoms with Gasteiger partial charge in [0, 0.05) is 0 Å². The van der Waals surface area contributed by atoms with Crippen LogP contribution in [0, 0.1) is 0 Å². The molecule has 2 nitrogen and oxygen atoms in total. The number of benzene rings is 2. The minimum Gasteiger partial charge on any atom is -0.404 e. The molecule has 0 aromatic heterocycles. The first-order valence-electron chi connectivity index (χ1n) is 10.3. The zero-order chi connectivity index (χ0) is 21.3. The Bertz CT molecular complexity index is 791. The van der Waals surface area contributed by atoms with Gasteiger partial charge in [0.05, 0.1) is 6.61 Å². The molecule has 0 amide bonds. The van der Waals surface area contributed by atoms with Gasteiger partial charge < -0.3 is 4.43 Å². The van der Waals surface area contributed by atoms with E-state index >= 15 is 0 Å². The number of allylic oxidation sites excluding steroid dienone is 3. The van der Waals surface area contributed by atoms with Crippen LogP contribution in [-0.4, -0.2) is 21.2 Å². The van der Waals surface area contributed by atoms with E-state index in [4.69, 9.17) is 4.43 Å². The Morgan fingerprint density at radius 3 is 1.86 bits per heavy atom. The van der Waals surface area contributed by atoms with Crippen molar-refractivity contribution in [1.82, 2.24) is 0 Å². The molecule has 3 heteroatoms. The number of rotatable bonds is 9. The van der Waals surface area contributed by atoms with Crippen molar-refractivity contribution in [3.8, 4) is 0 Å². The Kier molecular flexibility index (Phi) is 8.36. The molecular weight excluding hydrogens is 372 g/mol. The van der Waals surface area contributed by atoms with Gasteiger partial charge in [-0.1, -0.05) is 99.2 Å². The van der Waals surface area contributed by atoms with Gasteiger partial charge in [-0.15, -0.1) is 0 Å². The number of hydrogen-bond donors (Lipinski definition) is 0. The van der Waals surface area contributed by atoms with E-state index < -0.39 is 8.32 Å². The first-order valence-corrected chi connectivity index (χ1v) is 12.2. The zero-order valence-electron chi connectivity index (χ0n) is 18.4. The molecule has 0 unspecified atom stereocenters. The average molecular weight is 407 g/mol. The van der Waals surface area contributed by atoms with Crippen LogP contribution in [0.15, 0.2) is 84.0 Å². The van der Waals surface area contributed by atoms with Gasteiger partial charge in [-0.2, -0.15) is 0 Å². The lowest BCUT2D eigenvalue weighted by molar-refractivity contribution is -0.104. The summed E-state index contributed by atoms with van der Waals surface area (Å²) in [4.78, 5) is 10.7. The summed E-state index contributed by atoms with van der Waals surface area (Å²) in [6.07, 6.45) is 6.92. The maximum Gasteiger partial charge on any atom is 0.261 e. The van der Waals surface area contributed by atoms with E-state index in [0.717, 1.165) is 24.7 Å². The molecule has 2 aromatic carbocycles. The first kappa shape index (κ1) is 23.0. The number of hydrogen-bond acceptors (Lipinski definition) is 2. The van der Waals surface area contributed by atoms with E-state index in [0.29, 0.717) is 6.61 Å². The summed E-state index contributed by atoms with van der Waals surface area (Å²) in [6.45, 7) is 11.5. The van der Waals surface area contributed by atoms with Crippen molar-refractivity contribution in [2.24, 2.45) is 0 Å². The molecule has 0 aliphatic carbocycles. The average Bonchev–Trinajstić information content (AvgIpc) is 2.71. The summed E-state index contributed by atoms with van der Waals surface area (Å²) in [5, 5.41) is 2.59. The molecule has 0 aliphatic heterocycles. The highest BCUT2D eigenvalue weighted by Gasteiger charge is 2.49. The Morgan fingerprint density at radius 1 is 0.897 bits per heavy atom. The molecule has 0 heterocycles. The van der Waals surface area contributed by atoms with E-state index in [1.54, 1.807) is 0 Å². The maximum atomic E-state index is 10.7. The van der Waals surface area contributed by atoms with Crippen molar-refractivity contribution in [1.29, 1.82) is 0 Å².